The number of hydrogen-bond acceptors (Lipinski definition) is 6. The van der Waals surface area contributed by atoms with Gasteiger partial charge in [-0.2, -0.15) is 0 Å². The first kappa shape index (κ1) is 62.4. The van der Waals surface area contributed by atoms with Crippen molar-refractivity contribution in [3.05, 3.63) is 0 Å². The van der Waals surface area contributed by atoms with Gasteiger partial charge >= 0.3 is 17.9 Å². The Balaban J connectivity index is 4.26. The Bertz CT molecular complexity index is 991. The van der Waals surface area contributed by atoms with Crippen molar-refractivity contribution in [2.75, 3.05) is 13.2 Å². The molecule has 0 bridgehead atoms. The Morgan fingerprint density at radius 1 is 0.266 bits per heavy atom. The normalized spacial score (nSPS) is 12.1. The Morgan fingerprint density at radius 2 is 0.453 bits per heavy atom. The van der Waals surface area contributed by atoms with E-state index in [0.717, 1.165) is 75.5 Å². The zero-order valence-corrected chi connectivity index (χ0v) is 44.1. The van der Waals surface area contributed by atoms with Gasteiger partial charge in [0.1, 0.15) is 13.2 Å². The molecular weight excluding hydrogens is 793 g/mol. The van der Waals surface area contributed by atoms with Gasteiger partial charge in [-0.25, -0.2) is 0 Å². The lowest BCUT2D eigenvalue weighted by Crippen LogP contribution is -2.30. The van der Waals surface area contributed by atoms with E-state index in [1.54, 1.807) is 0 Å². The molecule has 0 N–H and O–H groups in total. The summed E-state index contributed by atoms with van der Waals surface area (Å²) in [5, 5.41) is 0. The largest absolute Gasteiger partial charge is 0.462 e. The molecule has 0 amide bonds. The smallest absolute Gasteiger partial charge is 0.306 e. The summed E-state index contributed by atoms with van der Waals surface area (Å²) in [6.07, 6.45) is 51.0. The minimum atomic E-state index is -0.763. The van der Waals surface area contributed by atoms with E-state index in [1.807, 2.05) is 0 Å². The maximum atomic E-state index is 12.8. The third kappa shape index (κ3) is 51.4. The van der Waals surface area contributed by atoms with Gasteiger partial charge in [0.15, 0.2) is 6.10 Å². The molecule has 0 aliphatic carbocycles. The van der Waals surface area contributed by atoms with Crippen LogP contribution in [0.1, 0.15) is 318 Å². The summed E-state index contributed by atoms with van der Waals surface area (Å²) in [6, 6.07) is 0. The van der Waals surface area contributed by atoms with Crippen molar-refractivity contribution in [1.29, 1.82) is 0 Å². The third-order valence-corrected chi connectivity index (χ3v) is 13.1. The van der Waals surface area contributed by atoms with Crippen molar-refractivity contribution in [2.24, 2.45) is 17.8 Å². The van der Waals surface area contributed by atoms with Gasteiger partial charge in [0, 0.05) is 19.3 Å². The molecular formula is C58H112O6. The van der Waals surface area contributed by atoms with Gasteiger partial charge in [0.05, 0.1) is 0 Å². The lowest BCUT2D eigenvalue weighted by Gasteiger charge is -2.18. The topological polar surface area (TPSA) is 78.9 Å². The number of carbonyl (C=O) groups is 3. The van der Waals surface area contributed by atoms with Crippen LogP contribution in [0.15, 0.2) is 0 Å². The van der Waals surface area contributed by atoms with Gasteiger partial charge in [-0.3, -0.25) is 14.4 Å². The van der Waals surface area contributed by atoms with Crippen LogP contribution in [0.4, 0.5) is 0 Å². The van der Waals surface area contributed by atoms with E-state index < -0.39 is 6.10 Å². The van der Waals surface area contributed by atoms with E-state index in [1.165, 1.54) is 199 Å². The highest BCUT2D eigenvalue weighted by molar-refractivity contribution is 5.71. The van der Waals surface area contributed by atoms with E-state index >= 15 is 0 Å². The number of esters is 3. The molecule has 6 heteroatoms. The lowest BCUT2D eigenvalue weighted by molar-refractivity contribution is -0.167. The third-order valence-electron chi connectivity index (χ3n) is 13.1. The minimum absolute atomic E-state index is 0.0639. The molecule has 0 saturated carbocycles. The second kappa shape index (κ2) is 49.3. The summed E-state index contributed by atoms with van der Waals surface area (Å²) in [5.74, 6) is 1.64. The van der Waals surface area contributed by atoms with Crippen molar-refractivity contribution in [3.8, 4) is 0 Å². The summed E-state index contributed by atoms with van der Waals surface area (Å²) < 4.78 is 16.9. The Kier molecular flexibility index (Phi) is 48.1. The Labute approximate surface area is 399 Å². The Hall–Kier alpha value is -1.59. The van der Waals surface area contributed by atoms with Crippen LogP contribution in [0, 0.1) is 17.8 Å². The predicted octanol–water partition coefficient (Wildman–Crippen LogP) is 18.7. The maximum absolute atomic E-state index is 12.8. The molecule has 0 aromatic rings. The van der Waals surface area contributed by atoms with Crippen LogP contribution in [0.3, 0.4) is 0 Å². The van der Waals surface area contributed by atoms with Crippen molar-refractivity contribution in [3.63, 3.8) is 0 Å². The Morgan fingerprint density at radius 3 is 0.672 bits per heavy atom. The van der Waals surface area contributed by atoms with Gasteiger partial charge < -0.3 is 14.2 Å². The fourth-order valence-electron chi connectivity index (χ4n) is 8.82. The van der Waals surface area contributed by atoms with Crippen LogP contribution in [-0.4, -0.2) is 37.2 Å². The van der Waals surface area contributed by atoms with Gasteiger partial charge in [0.2, 0.25) is 0 Å². The first-order chi connectivity index (χ1) is 31.1. The maximum Gasteiger partial charge on any atom is 0.306 e. The van der Waals surface area contributed by atoms with E-state index in [-0.39, 0.29) is 31.1 Å². The molecule has 0 aromatic carbocycles. The summed E-state index contributed by atoms with van der Waals surface area (Å²) >= 11 is 0. The molecule has 0 radical (unpaired) electrons. The quantitative estimate of drug-likeness (QED) is 0.0344. The SMILES string of the molecule is CC(C)CCCCCCCCCCCCCCCCCCC(=O)OC[C@H](COC(=O)CCCCCCCCCCC(C)C)OC(=O)CCCCCCCCCCCCCCCC(C)C. The first-order valence-corrected chi connectivity index (χ1v) is 28.6. The standard InChI is InChI=1S/C58H112O6/c1-52(2)44-38-32-26-20-16-12-9-7-8-10-14-18-22-29-35-41-47-56(59)62-50-55(51-63-57(60)48-42-36-30-25-24-28-34-40-46-54(5)6)64-58(61)49-43-37-31-23-19-15-11-13-17-21-27-33-39-45-53(3)4/h52-55H,7-51H2,1-6H3/t55-/m1/s1. The number of carbonyl (C=O) groups excluding carboxylic acids is 3. The average molecular weight is 906 g/mol. The second-order valence-electron chi connectivity index (χ2n) is 21.4. The van der Waals surface area contributed by atoms with Crippen molar-refractivity contribution in [2.45, 2.75) is 324 Å². The highest BCUT2D eigenvalue weighted by atomic mass is 16.6. The van der Waals surface area contributed by atoms with Crippen molar-refractivity contribution >= 4 is 17.9 Å². The molecule has 0 aliphatic rings. The summed E-state index contributed by atoms with van der Waals surface area (Å²) in [7, 11) is 0. The van der Waals surface area contributed by atoms with E-state index in [9.17, 15) is 14.4 Å². The minimum Gasteiger partial charge on any atom is -0.462 e. The number of ether oxygens (including phenoxy) is 3. The fraction of sp³-hybridized carbons (Fsp3) is 0.948. The summed E-state index contributed by atoms with van der Waals surface area (Å²) in [6.45, 7) is 13.7. The molecule has 0 heterocycles. The molecule has 0 unspecified atom stereocenters. The molecule has 0 aromatic heterocycles. The monoisotopic (exact) mass is 905 g/mol. The van der Waals surface area contributed by atoms with Gasteiger partial charge in [-0.1, -0.05) is 279 Å². The van der Waals surface area contributed by atoms with Crippen molar-refractivity contribution < 1.29 is 28.6 Å². The number of rotatable bonds is 51. The lowest BCUT2D eigenvalue weighted by atomic mass is 10.0. The zero-order valence-electron chi connectivity index (χ0n) is 44.1. The second-order valence-corrected chi connectivity index (χ2v) is 21.4. The van der Waals surface area contributed by atoms with Crippen LogP contribution < -0.4 is 0 Å². The van der Waals surface area contributed by atoms with Crippen LogP contribution >= 0.6 is 0 Å². The number of unbranched alkanes of at least 4 members (excludes halogenated alkanes) is 34. The molecule has 6 nitrogen and oxygen atoms in total. The first-order valence-electron chi connectivity index (χ1n) is 28.6. The van der Waals surface area contributed by atoms with Gasteiger partial charge in [-0.05, 0) is 37.0 Å². The van der Waals surface area contributed by atoms with Gasteiger partial charge in [-0.15, -0.1) is 0 Å². The molecule has 380 valence electrons. The van der Waals surface area contributed by atoms with Gasteiger partial charge in [0.25, 0.3) is 0 Å². The average Bonchev–Trinajstić information content (AvgIpc) is 3.25. The van der Waals surface area contributed by atoms with E-state index in [2.05, 4.69) is 41.5 Å². The highest BCUT2D eigenvalue weighted by Gasteiger charge is 2.19. The molecule has 0 aliphatic heterocycles. The molecule has 0 saturated heterocycles. The summed E-state index contributed by atoms with van der Waals surface area (Å²) in [4.78, 5) is 38.1. The molecule has 0 rings (SSSR count). The van der Waals surface area contributed by atoms with Crippen LogP contribution in [-0.2, 0) is 28.6 Å². The van der Waals surface area contributed by atoms with E-state index in [0.29, 0.717) is 19.3 Å². The zero-order chi connectivity index (χ0) is 47.0. The molecule has 0 fully saturated rings. The van der Waals surface area contributed by atoms with Crippen molar-refractivity contribution in [1.82, 2.24) is 0 Å². The van der Waals surface area contributed by atoms with Crippen LogP contribution in [0.25, 0.3) is 0 Å². The molecule has 64 heavy (non-hydrogen) atoms. The van der Waals surface area contributed by atoms with E-state index in [4.69, 9.17) is 14.2 Å². The van der Waals surface area contributed by atoms with Crippen LogP contribution in [0.2, 0.25) is 0 Å². The van der Waals surface area contributed by atoms with Crippen LogP contribution in [0.5, 0.6) is 0 Å². The highest BCUT2D eigenvalue weighted by Crippen LogP contribution is 2.18. The molecule has 1 atom stereocenters. The fourth-order valence-corrected chi connectivity index (χ4v) is 8.82. The number of hydrogen-bond donors (Lipinski definition) is 0. The predicted molar refractivity (Wildman–Crippen MR) is 275 cm³/mol. The summed E-state index contributed by atoms with van der Waals surface area (Å²) in [5.41, 5.74) is 0. The molecule has 0 spiro atoms.